The zero-order valence-corrected chi connectivity index (χ0v) is 9.36. The molecule has 0 saturated carbocycles. The van der Waals surface area contributed by atoms with Gasteiger partial charge in [-0.05, 0) is 54.3 Å². The summed E-state index contributed by atoms with van der Waals surface area (Å²) in [5, 5.41) is 19.1. The number of rotatable bonds is 1. The van der Waals surface area contributed by atoms with E-state index in [1.54, 1.807) is 12.1 Å². The molecule has 0 aliphatic heterocycles. The van der Waals surface area contributed by atoms with Crippen molar-refractivity contribution in [2.45, 2.75) is 13.8 Å². The Morgan fingerprint density at radius 2 is 1.62 bits per heavy atom. The van der Waals surface area contributed by atoms with Gasteiger partial charge in [0, 0.05) is 0 Å². The van der Waals surface area contributed by atoms with Crippen molar-refractivity contribution < 1.29 is 10.2 Å². The second-order valence-electron chi connectivity index (χ2n) is 3.95. The molecule has 0 spiro atoms. The molecule has 2 nitrogen and oxygen atoms in total. The van der Waals surface area contributed by atoms with Gasteiger partial charge >= 0.3 is 0 Å². The molecule has 2 N–H and O–H groups in total. The molecule has 0 amide bonds. The third-order valence-electron chi connectivity index (χ3n) is 2.81. The van der Waals surface area contributed by atoms with Crippen LogP contribution in [0.4, 0.5) is 0 Å². The van der Waals surface area contributed by atoms with Crippen LogP contribution in [0.1, 0.15) is 11.1 Å². The molecule has 2 aromatic carbocycles. The smallest absolute Gasteiger partial charge is 0.119 e. The molecule has 0 unspecified atom stereocenters. The third kappa shape index (κ3) is 1.74. The average Bonchev–Trinajstić information content (AvgIpc) is 2.26. The standard InChI is InChI=1S/C14H14O2/c1-9-8-11(6-7-13(9)15)12-4-3-5-14(16)10(12)2/h3-8,15-16H,1-2H3. The van der Waals surface area contributed by atoms with Gasteiger partial charge in [-0.3, -0.25) is 0 Å². The highest BCUT2D eigenvalue weighted by Crippen LogP contribution is 2.31. The highest BCUT2D eigenvalue weighted by Gasteiger charge is 2.06. The Kier molecular flexibility index (Phi) is 2.57. The fourth-order valence-corrected chi connectivity index (χ4v) is 1.76. The van der Waals surface area contributed by atoms with Crippen LogP contribution < -0.4 is 0 Å². The first-order chi connectivity index (χ1) is 7.59. The van der Waals surface area contributed by atoms with E-state index >= 15 is 0 Å². The largest absolute Gasteiger partial charge is 0.508 e. The van der Waals surface area contributed by atoms with E-state index in [9.17, 15) is 10.2 Å². The maximum Gasteiger partial charge on any atom is 0.119 e. The molecular weight excluding hydrogens is 200 g/mol. The Balaban J connectivity index is 2.59. The normalized spacial score (nSPS) is 10.4. The fraction of sp³-hybridized carbons (Fsp3) is 0.143. The summed E-state index contributed by atoms with van der Waals surface area (Å²) in [6, 6.07) is 10.9. The van der Waals surface area contributed by atoms with Gasteiger partial charge in [0.25, 0.3) is 0 Å². The topological polar surface area (TPSA) is 40.5 Å². The van der Waals surface area contributed by atoms with Crippen LogP contribution >= 0.6 is 0 Å². The van der Waals surface area contributed by atoms with Gasteiger partial charge in [-0.15, -0.1) is 0 Å². The first-order valence-corrected chi connectivity index (χ1v) is 5.18. The number of aryl methyl sites for hydroxylation is 1. The van der Waals surface area contributed by atoms with E-state index in [0.717, 1.165) is 22.3 Å². The van der Waals surface area contributed by atoms with E-state index in [1.165, 1.54) is 0 Å². The van der Waals surface area contributed by atoms with Crippen LogP contribution in [0.25, 0.3) is 11.1 Å². The van der Waals surface area contributed by atoms with Gasteiger partial charge in [-0.2, -0.15) is 0 Å². The Morgan fingerprint density at radius 1 is 0.875 bits per heavy atom. The summed E-state index contributed by atoms with van der Waals surface area (Å²) in [7, 11) is 0. The predicted octanol–water partition coefficient (Wildman–Crippen LogP) is 3.38. The molecular formula is C14H14O2. The van der Waals surface area contributed by atoms with Gasteiger partial charge < -0.3 is 10.2 Å². The van der Waals surface area contributed by atoms with E-state index in [0.29, 0.717) is 11.5 Å². The van der Waals surface area contributed by atoms with Crippen molar-refractivity contribution in [2.24, 2.45) is 0 Å². The molecule has 2 heteroatoms. The quantitative estimate of drug-likeness (QED) is 0.764. The Hall–Kier alpha value is -1.96. The maximum absolute atomic E-state index is 9.64. The lowest BCUT2D eigenvalue weighted by Crippen LogP contribution is -1.85. The number of phenolic OH excluding ortho intramolecular Hbond substituents is 2. The molecule has 0 atom stereocenters. The maximum atomic E-state index is 9.64. The van der Waals surface area contributed by atoms with Crippen LogP contribution in [-0.2, 0) is 0 Å². The van der Waals surface area contributed by atoms with Crippen molar-refractivity contribution >= 4 is 0 Å². The van der Waals surface area contributed by atoms with E-state index in [2.05, 4.69) is 0 Å². The lowest BCUT2D eigenvalue weighted by molar-refractivity contribution is 0.471. The first-order valence-electron chi connectivity index (χ1n) is 5.18. The summed E-state index contributed by atoms with van der Waals surface area (Å²) in [4.78, 5) is 0. The molecule has 0 saturated heterocycles. The molecule has 16 heavy (non-hydrogen) atoms. The van der Waals surface area contributed by atoms with Gasteiger partial charge in [-0.1, -0.05) is 18.2 Å². The predicted molar refractivity (Wildman–Crippen MR) is 64.7 cm³/mol. The van der Waals surface area contributed by atoms with Crippen molar-refractivity contribution in [3.8, 4) is 22.6 Å². The number of aromatic hydroxyl groups is 2. The molecule has 0 aliphatic carbocycles. The highest BCUT2D eigenvalue weighted by molar-refractivity contribution is 5.70. The van der Waals surface area contributed by atoms with E-state index < -0.39 is 0 Å². The van der Waals surface area contributed by atoms with E-state index in [1.807, 2.05) is 38.1 Å². The number of benzene rings is 2. The number of hydrogen-bond acceptors (Lipinski definition) is 2. The summed E-state index contributed by atoms with van der Waals surface area (Å²) < 4.78 is 0. The fourth-order valence-electron chi connectivity index (χ4n) is 1.76. The number of phenols is 2. The lowest BCUT2D eigenvalue weighted by atomic mass is 9.98. The molecule has 0 fully saturated rings. The summed E-state index contributed by atoms with van der Waals surface area (Å²) in [6.07, 6.45) is 0. The SMILES string of the molecule is Cc1cc(-c2cccc(O)c2C)ccc1O. The lowest BCUT2D eigenvalue weighted by Gasteiger charge is -2.09. The van der Waals surface area contributed by atoms with Gasteiger partial charge in [0.1, 0.15) is 11.5 Å². The van der Waals surface area contributed by atoms with Gasteiger partial charge in [0.15, 0.2) is 0 Å². The van der Waals surface area contributed by atoms with Crippen molar-refractivity contribution in [3.05, 3.63) is 47.5 Å². The summed E-state index contributed by atoms with van der Waals surface area (Å²) >= 11 is 0. The minimum atomic E-state index is 0.293. The Bertz CT molecular complexity index is 530. The van der Waals surface area contributed by atoms with Crippen molar-refractivity contribution in [2.75, 3.05) is 0 Å². The second kappa shape index (κ2) is 3.89. The molecule has 0 heterocycles. The first kappa shape index (κ1) is 10.6. The van der Waals surface area contributed by atoms with Crippen LogP contribution in [0.3, 0.4) is 0 Å². The van der Waals surface area contributed by atoms with Crippen LogP contribution in [0.5, 0.6) is 11.5 Å². The summed E-state index contributed by atoms with van der Waals surface area (Å²) in [5.41, 5.74) is 3.68. The number of hydrogen-bond donors (Lipinski definition) is 2. The molecule has 2 aromatic rings. The van der Waals surface area contributed by atoms with Gasteiger partial charge in [0.2, 0.25) is 0 Å². The van der Waals surface area contributed by atoms with Crippen molar-refractivity contribution in [3.63, 3.8) is 0 Å². The van der Waals surface area contributed by atoms with E-state index in [-0.39, 0.29) is 0 Å². The molecule has 0 aromatic heterocycles. The van der Waals surface area contributed by atoms with Gasteiger partial charge in [0.05, 0.1) is 0 Å². The van der Waals surface area contributed by atoms with Crippen molar-refractivity contribution in [1.82, 2.24) is 0 Å². The monoisotopic (exact) mass is 214 g/mol. The average molecular weight is 214 g/mol. The molecule has 0 aliphatic rings. The zero-order valence-electron chi connectivity index (χ0n) is 9.36. The second-order valence-corrected chi connectivity index (χ2v) is 3.95. The molecule has 2 rings (SSSR count). The summed E-state index contributed by atoms with van der Waals surface area (Å²) in [5.74, 6) is 0.588. The summed E-state index contributed by atoms with van der Waals surface area (Å²) in [6.45, 7) is 3.74. The molecule has 82 valence electrons. The minimum Gasteiger partial charge on any atom is -0.508 e. The Labute approximate surface area is 94.8 Å². The molecule has 0 bridgehead atoms. The van der Waals surface area contributed by atoms with E-state index in [4.69, 9.17) is 0 Å². The van der Waals surface area contributed by atoms with Crippen LogP contribution in [0, 0.1) is 13.8 Å². The molecule has 0 radical (unpaired) electrons. The van der Waals surface area contributed by atoms with Crippen LogP contribution in [0.2, 0.25) is 0 Å². The van der Waals surface area contributed by atoms with Crippen molar-refractivity contribution in [1.29, 1.82) is 0 Å². The van der Waals surface area contributed by atoms with Gasteiger partial charge in [-0.25, -0.2) is 0 Å². The minimum absolute atomic E-state index is 0.293. The highest BCUT2D eigenvalue weighted by atomic mass is 16.3. The Morgan fingerprint density at radius 3 is 2.31 bits per heavy atom. The zero-order chi connectivity index (χ0) is 11.7. The van der Waals surface area contributed by atoms with Crippen LogP contribution in [-0.4, -0.2) is 10.2 Å². The third-order valence-corrected chi connectivity index (χ3v) is 2.81. The van der Waals surface area contributed by atoms with Crippen LogP contribution in [0.15, 0.2) is 36.4 Å².